The van der Waals surface area contributed by atoms with Crippen LogP contribution in [0.5, 0.6) is 5.75 Å². The van der Waals surface area contributed by atoms with E-state index in [9.17, 15) is 9.59 Å². The second-order valence-electron chi connectivity index (χ2n) is 6.35. The third-order valence-electron chi connectivity index (χ3n) is 4.71. The Hall–Kier alpha value is -2.12. The van der Waals surface area contributed by atoms with Gasteiger partial charge in [-0.15, -0.1) is 0 Å². The number of morpholine rings is 1. The van der Waals surface area contributed by atoms with Crippen LogP contribution in [0.4, 0.5) is 5.69 Å². The fraction of sp³-hybridized carbons (Fsp3) is 0.556. The van der Waals surface area contributed by atoms with Gasteiger partial charge in [-0.3, -0.25) is 14.5 Å². The van der Waals surface area contributed by atoms with Crippen molar-refractivity contribution in [1.82, 2.24) is 10.2 Å². The first-order valence-corrected chi connectivity index (χ1v) is 8.69. The van der Waals surface area contributed by atoms with E-state index in [0.29, 0.717) is 13.1 Å². The Bertz CT molecular complexity index is 599. The van der Waals surface area contributed by atoms with Crippen LogP contribution in [0.1, 0.15) is 6.42 Å². The van der Waals surface area contributed by atoms with Crippen LogP contribution in [0.25, 0.3) is 0 Å². The number of anilines is 1. The Labute approximate surface area is 147 Å². The first kappa shape index (κ1) is 17.7. The van der Waals surface area contributed by atoms with Gasteiger partial charge in [-0.05, 0) is 24.3 Å². The van der Waals surface area contributed by atoms with Crippen molar-refractivity contribution in [2.75, 3.05) is 57.9 Å². The maximum absolute atomic E-state index is 12.4. The summed E-state index contributed by atoms with van der Waals surface area (Å²) in [7, 11) is 1.60. The fourth-order valence-electron chi connectivity index (χ4n) is 3.20. The van der Waals surface area contributed by atoms with Gasteiger partial charge in [-0.2, -0.15) is 0 Å². The lowest BCUT2D eigenvalue weighted by Crippen LogP contribution is -2.42. The van der Waals surface area contributed by atoms with Crippen LogP contribution in [-0.2, 0) is 14.3 Å². The summed E-state index contributed by atoms with van der Waals surface area (Å²) in [6.45, 7) is 5.16. The van der Waals surface area contributed by atoms with Gasteiger partial charge in [0.1, 0.15) is 5.75 Å². The molecule has 7 nitrogen and oxygen atoms in total. The molecule has 1 aromatic rings. The number of nitrogens with zero attached hydrogens (tertiary/aromatic N) is 2. The monoisotopic (exact) mass is 347 g/mol. The van der Waals surface area contributed by atoms with E-state index in [1.807, 2.05) is 24.3 Å². The van der Waals surface area contributed by atoms with Gasteiger partial charge < -0.3 is 19.7 Å². The number of ether oxygens (including phenoxy) is 2. The Morgan fingerprint density at radius 3 is 2.68 bits per heavy atom. The quantitative estimate of drug-likeness (QED) is 0.811. The number of carbonyl (C=O) groups excluding carboxylic acids is 2. The molecule has 0 radical (unpaired) electrons. The maximum atomic E-state index is 12.4. The molecule has 25 heavy (non-hydrogen) atoms. The van der Waals surface area contributed by atoms with Gasteiger partial charge in [0.05, 0.1) is 26.2 Å². The minimum atomic E-state index is -0.292. The van der Waals surface area contributed by atoms with Gasteiger partial charge in [0.15, 0.2) is 0 Å². The maximum Gasteiger partial charge on any atom is 0.227 e. The molecule has 1 N–H and O–H groups in total. The molecular weight excluding hydrogens is 322 g/mol. The van der Waals surface area contributed by atoms with Crippen LogP contribution >= 0.6 is 0 Å². The van der Waals surface area contributed by atoms with E-state index in [0.717, 1.165) is 44.3 Å². The zero-order chi connectivity index (χ0) is 17.6. The lowest BCUT2D eigenvalue weighted by molar-refractivity contribution is -0.126. The zero-order valence-electron chi connectivity index (χ0n) is 14.6. The Morgan fingerprint density at radius 1 is 1.28 bits per heavy atom. The van der Waals surface area contributed by atoms with Gasteiger partial charge in [-0.25, -0.2) is 0 Å². The van der Waals surface area contributed by atoms with Crippen molar-refractivity contribution in [1.29, 1.82) is 0 Å². The number of methoxy groups -OCH3 is 1. The molecule has 0 saturated carbocycles. The third kappa shape index (κ3) is 4.49. The average molecular weight is 347 g/mol. The third-order valence-corrected chi connectivity index (χ3v) is 4.71. The highest BCUT2D eigenvalue weighted by Crippen LogP contribution is 2.26. The molecule has 0 spiro atoms. The summed E-state index contributed by atoms with van der Waals surface area (Å²) < 4.78 is 10.4. The van der Waals surface area contributed by atoms with Gasteiger partial charge >= 0.3 is 0 Å². The van der Waals surface area contributed by atoms with Crippen molar-refractivity contribution in [2.45, 2.75) is 6.42 Å². The van der Waals surface area contributed by atoms with E-state index < -0.39 is 0 Å². The van der Waals surface area contributed by atoms with E-state index in [-0.39, 0.29) is 24.2 Å². The zero-order valence-corrected chi connectivity index (χ0v) is 14.6. The van der Waals surface area contributed by atoms with E-state index in [2.05, 4.69) is 10.2 Å². The molecule has 1 atom stereocenters. The molecule has 0 unspecified atom stereocenters. The van der Waals surface area contributed by atoms with Crippen LogP contribution in [0.3, 0.4) is 0 Å². The number of nitrogens with one attached hydrogen (secondary N) is 1. The summed E-state index contributed by atoms with van der Waals surface area (Å²) in [4.78, 5) is 28.6. The van der Waals surface area contributed by atoms with Gasteiger partial charge in [-0.1, -0.05) is 0 Å². The molecule has 136 valence electrons. The highest BCUT2D eigenvalue weighted by Gasteiger charge is 2.35. The number of hydrogen-bond acceptors (Lipinski definition) is 5. The van der Waals surface area contributed by atoms with Crippen LogP contribution < -0.4 is 15.0 Å². The molecular formula is C18H25N3O4. The average Bonchev–Trinajstić information content (AvgIpc) is 3.04. The molecule has 0 bridgehead atoms. The SMILES string of the molecule is COc1ccc(N2C[C@@H](C(=O)NCCN3CCOCC3)CC2=O)cc1. The second-order valence-corrected chi connectivity index (χ2v) is 6.35. The molecule has 0 aliphatic carbocycles. The molecule has 2 heterocycles. The minimum absolute atomic E-state index is 0.0153. The molecule has 0 aromatic heterocycles. The number of amides is 2. The number of benzene rings is 1. The molecule has 2 amide bonds. The minimum Gasteiger partial charge on any atom is -0.497 e. The van der Waals surface area contributed by atoms with E-state index in [1.54, 1.807) is 12.0 Å². The summed E-state index contributed by atoms with van der Waals surface area (Å²) in [5.41, 5.74) is 0.800. The molecule has 7 heteroatoms. The Kier molecular flexibility index (Phi) is 5.88. The smallest absolute Gasteiger partial charge is 0.227 e. The van der Waals surface area contributed by atoms with E-state index in [1.165, 1.54) is 0 Å². The summed E-state index contributed by atoms with van der Waals surface area (Å²) in [5.74, 6) is 0.392. The first-order chi connectivity index (χ1) is 12.2. The fourth-order valence-corrected chi connectivity index (χ4v) is 3.20. The van der Waals surface area contributed by atoms with Gasteiger partial charge in [0.25, 0.3) is 0 Å². The Balaban J connectivity index is 1.48. The lowest BCUT2D eigenvalue weighted by Gasteiger charge is -2.26. The number of hydrogen-bond donors (Lipinski definition) is 1. The first-order valence-electron chi connectivity index (χ1n) is 8.69. The molecule has 2 aliphatic heterocycles. The molecule has 3 rings (SSSR count). The normalized spacial score (nSPS) is 21.4. The molecule has 1 aromatic carbocycles. The molecule has 2 saturated heterocycles. The van der Waals surface area contributed by atoms with Crippen molar-refractivity contribution < 1.29 is 19.1 Å². The van der Waals surface area contributed by atoms with Crippen LogP contribution in [-0.4, -0.2) is 69.8 Å². The second kappa shape index (κ2) is 8.31. The lowest BCUT2D eigenvalue weighted by atomic mass is 10.1. The standard InChI is InChI=1S/C18H25N3O4/c1-24-16-4-2-15(3-5-16)21-13-14(12-17(21)22)18(23)19-6-7-20-8-10-25-11-9-20/h2-5,14H,6-13H2,1H3,(H,19,23)/t14-/m0/s1. The van der Waals surface area contributed by atoms with Crippen molar-refractivity contribution in [2.24, 2.45) is 5.92 Å². The van der Waals surface area contributed by atoms with Gasteiger partial charge in [0, 0.05) is 44.8 Å². The van der Waals surface area contributed by atoms with Crippen LogP contribution in [0, 0.1) is 5.92 Å². The summed E-state index contributed by atoms with van der Waals surface area (Å²) in [6.07, 6.45) is 0.259. The van der Waals surface area contributed by atoms with E-state index >= 15 is 0 Å². The predicted octanol–water partition coefficient (Wildman–Crippen LogP) is 0.497. The van der Waals surface area contributed by atoms with Crippen molar-refractivity contribution >= 4 is 17.5 Å². The number of carbonyl (C=O) groups is 2. The van der Waals surface area contributed by atoms with Crippen LogP contribution in [0.2, 0.25) is 0 Å². The molecule has 2 aliphatic rings. The van der Waals surface area contributed by atoms with Crippen molar-refractivity contribution in [3.63, 3.8) is 0 Å². The largest absolute Gasteiger partial charge is 0.497 e. The summed E-state index contributed by atoms with van der Waals surface area (Å²) in [5, 5.41) is 2.96. The summed E-state index contributed by atoms with van der Waals surface area (Å²) >= 11 is 0. The van der Waals surface area contributed by atoms with Gasteiger partial charge in [0.2, 0.25) is 11.8 Å². The van der Waals surface area contributed by atoms with Crippen LogP contribution in [0.15, 0.2) is 24.3 Å². The summed E-state index contributed by atoms with van der Waals surface area (Å²) in [6, 6.07) is 7.32. The highest BCUT2D eigenvalue weighted by molar-refractivity contribution is 6.00. The number of rotatable bonds is 6. The predicted molar refractivity (Wildman–Crippen MR) is 93.7 cm³/mol. The highest BCUT2D eigenvalue weighted by atomic mass is 16.5. The van der Waals surface area contributed by atoms with Crippen molar-refractivity contribution in [3.05, 3.63) is 24.3 Å². The van der Waals surface area contributed by atoms with E-state index in [4.69, 9.17) is 9.47 Å². The Morgan fingerprint density at radius 2 is 2.00 bits per heavy atom. The van der Waals surface area contributed by atoms with Crippen molar-refractivity contribution in [3.8, 4) is 5.75 Å². The molecule has 2 fully saturated rings. The topological polar surface area (TPSA) is 71.1 Å².